The van der Waals surface area contributed by atoms with E-state index in [1.54, 1.807) is 11.6 Å². The lowest BCUT2D eigenvalue weighted by Gasteiger charge is -2.02. The average molecular weight is 467 g/mol. The second-order valence-electron chi connectivity index (χ2n) is 6.36. The molecule has 4 aromatic rings. The predicted octanol–water partition coefficient (Wildman–Crippen LogP) is 5.24. The van der Waals surface area contributed by atoms with E-state index in [1.165, 1.54) is 34.4 Å². The third-order valence-electron chi connectivity index (χ3n) is 4.10. The molecular formula is C22H18N4O2S3. The molecule has 2 heterocycles. The Kier molecular flexibility index (Phi) is 7.08. The Morgan fingerprint density at radius 2 is 1.45 bits per heavy atom. The molecule has 0 bridgehead atoms. The minimum atomic E-state index is -0.194. The van der Waals surface area contributed by atoms with Crippen LogP contribution in [0.5, 0.6) is 0 Å². The van der Waals surface area contributed by atoms with E-state index in [9.17, 15) is 9.59 Å². The van der Waals surface area contributed by atoms with E-state index in [0.29, 0.717) is 10.3 Å². The lowest BCUT2D eigenvalue weighted by atomic mass is 10.1. The van der Waals surface area contributed by atoms with Gasteiger partial charge in [-0.05, 0) is 5.56 Å². The number of hydrogen-bond donors (Lipinski definition) is 2. The standard InChI is InChI=1S/C22H18N4O2S3/c27-17(24-21-23-11-12-30-21)13-29-14-18(28)25-22-26-19(15-7-3-1-4-8-15)20(31-22)16-9-5-2-6-10-16/h1-12H,13-14H2,(H,23,24,27)(H,25,26,28). The zero-order chi connectivity index (χ0) is 21.5. The summed E-state index contributed by atoms with van der Waals surface area (Å²) >= 11 is 4.04. The van der Waals surface area contributed by atoms with Gasteiger partial charge in [0, 0.05) is 17.1 Å². The maximum absolute atomic E-state index is 12.4. The minimum absolute atomic E-state index is 0.159. The van der Waals surface area contributed by atoms with Crippen LogP contribution in [0.3, 0.4) is 0 Å². The van der Waals surface area contributed by atoms with Crippen molar-refractivity contribution < 1.29 is 9.59 Å². The van der Waals surface area contributed by atoms with Gasteiger partial charge in [0.1, 0.15) is 0 Å². The van der Waals surface area contributed by atoms with E-state index in [2.05, 4.69) is 20.6 Å². The molecule has 156 valence electrons. The van der Waals surface area contributed by atoms with Crippen LogP contribution in [0.4, 0.5) is 10.3 Å². The predicted molar refractivity (Wildman–Crippen MR) is 130 cm³/mol. The molecule has 31 heavy (non-hydrogen) atoms. The minimum Gasteiger partial charge on any atom is -0.301 e. The van der Waals surface area contributed by atoms with Crippen LogP contribution in [0.25, 0.3) is 21.7 Å². The Balaban J connectivity index is 1.40. The summed E-state index contributed by atoms with van der Waals surface area (Å²) in [5, 5.41) is 8.45. The molecule has 2 aromatic heterocycles. The van der Waals surface area contributed by atoms with Crippen LogP contribution >= 0.6 is 34.4 Å². The summed E-state index contributed by atoms with van der Waals surface area (Å²) in [5.41, 5.74) is 2.88. The van der Waals surface area contributed by atoms with Gasteiger partial charge < -0.3 is 10.6 Å². The fourth-order valence-electron chi connectivity index (χ4n) is 2.78. The summed E-state index contributed by atoms with van der Waals surface area (Å²) < 4.78 is 0. The van der Waals surface area contributed by atoms with Crippen molar-refractivity contribution in [3.63, 3.8) is 0 Å². The molecule has 0 atom stereocenters. The number of nitrogens with one attached hydrogen (secondary N) is 2. The molecule has 0 unspecified atom stereocenters. The van der Waals surface area contributed by atoms with Gasteiger partial charge in [-0.2, -0.15) is 0 Å². The smallest absolute Gasteiger partial charge is 0.236 e. The van der Waals surface area contributed by atoms with E-state index >= 15 is 0 Å². The maximum Gasteiger partial charge on any atom is 0.236 e. The number of carbonyl (C=O) groups excluding carboxylic acids is 2. The van der Waals surface area contributed by atoms with E-state index in [0.717, 1.165) is 21.7 Å². The highest BCUT2D eigenvalue weighted by molar-refractivity contribution is 8.00. The number of thiazole rings is 2. The van der Waals surface area contributed by atoms with Gasteiger partial charge in [-0.3, -0.25) is 9.59 Å². The van der Waals surface area contributed by atoms with Crippen molar-refractivity contribution in [1.29, 1.82) is 0 Å². The molecule has 2 aromatic carbocycles. The number of thioether (sulfide) groups is 1. The number of amides is 2. The second kappa shape index (κ2) is 10.3. The normalized spacial score (nSPS) is 10.6. The monoisotopic (exact) mass is 466 g/mol. The van der Waals surface area contributed by atoms with Gasteiger partial charge in [0.15, 0.2) is 10.3 Å². The quantitative estimate of drug-likeness (QED) is 0.371. The number of carbonyl (C=O) groups is 2. The second-order valence-corrected chi connectivity index (χ2v) is 9.23. The SMILES string of the molecule is O=C(CSCC(=O)Nc1nc(-c2ccccc2)c(-c2ccccc2)s1)Nc1nccs1. The number of anilines is 2. The Bertz CT molecular complexity index is 1090. The third-order valence-corrected chi connectivity index (χ3v) is 6.74. The fraction of sp³-hybridized carbons (Fsp3) is 0.0909. The van der Waals surface area contributed by atoms with Crippen molar-refractivity contribution in [1.82, 2.24) is 9.97 Å². The van der Waals surface area contributed by atoms with Gasteiger partial charge in [0.05, 0.1) is 22.1 Å². The van der Waals surface area contributed by atoms with Gasteiger partial charge in [0.2, 0.25) is 11.8 Å². The van der Waals surface area contributed by atoms with Crippen LogP contribution in [0.1, 0.15) is 0 Å². The average Bonchev–Trinajstić information content (AvgIpc) is 3.45. The zero-order valence-electron chi connectivity index (χ0n) is 16.3. The summed E-state index contributed by atoms with van der Waals surface area (Å²) in [5.74, 6) is -0.0403. The Labute approximate surface area is 191 Å². The highest BCUT2D eigenvalue weighted by atomic mass is 32.2. The number of benzene rings is 2. The number of nitrogens with zero attached hydrogens (tertiary/aromatic N) is 2. The van der Waals surface area contributed by atoms with Gasteiger partial charge in [0.25, 0.3) is 0 Å². The molecule has 0 aliphatic rings. The van der Waals surface area contributed by atoms with Crippen molar-refractivity contribution in [2.45, 2.75) is 0 Å². The van der Waals surface area contributed by atoms with Gasteiger partial charge in [-0.15, -0.1) is 23.1 Å². The lowest BCUT2D eigenvalue weighted by molar-refractivity contribution is -0.114. The summed E-state index contributed by atoms with van der Waals surface area (Å²) in [6.07, 6.45) is 1.63. The third kappa shape index (κ3) is 5.78. The van der Waals surface area contributed by atoms with Gasteiger partial charge in [-0.1, -0.05) is 72.0 Å². The zero-order valence-corrected chi connectivity index (χ0v) is 18.7. The first-order chi connectivity index (χ1) is 15.2. The Morgan fingerprint density at radius 3 is 2.06 bits per heavy atom. The Morgan fingerprint density at radius 1 is 0.839 bits per heavy atom. The van der Waals surface area contributed by atoms with Crippen molar-refractivity contribution in [3.05, 3.63) is 72.2 Å². The molecule has 2 N–H and O–H groups in total. The fourth-order valence-corrected chi connectivity index (χ4v) is 4.95. The highest BCUT2D eigenvalue weighted by Gasteiger charge is 2.16. The van der Waals surface area contributed by atoms with Crippen LogP contribution in [-0.2, 0) is 9.59 Å². The first-order valence-electron chi connectivity index (χ1n) is 9.37. The first-order valence-corrected chi connectivity index (χ1v) is 12.2. The summed E-state index contributed by atoms with van der Waals surface area (Å²) in [4.78, 5) is 34.0. The van der Waals surface area contributed by atoms with Gasteiger partial charge >= 0.3 is 0 Å². The van der Waals surface area contributed by atoms with Crippen LogP contribution in [0.2, 0.25) is 0 Å². The molecule has 0 spiro atoms. The molecule has 9 heteroatoms. The van der Waals surface area contributed by atoms with Crippen LogP contribution in [-0.4, -0.2) is 33.3 Å². The molecule has 0 aliphatic carbocycles. The van der Waals surface area contributed by atoms with E-state index < -0.39 is 0 Å². The molecular weight excluding hydrogens is 448 g/mol. The molecule has 0 saturated heterocycles. The molecule has 0 fully saturated rings. The number of aromatic nitrogens is 2. The van der Waals surface area contributed by atoms with E-state index in [1.807, 2.05) is 60.7 Å². The maximum atomic E-state index is 12.4. The molecule has 2 amide bonds. The summed E-state index contributed by atoms with van der Waals surface area (Å²) in [7, 11) is 0. The van der Waals surface area contributed by atoms with Crippen LogP contribution in [0.15, 0.2) is 72.2 Å². The summed E-state index contributed by atoms with van der Waals surface area (Å²) in [6, 6.07) is 19.9. The molecule has 0 saturated carbocycles. The molecule has 4 rings (SSSR count). The van der Waals surface area contributed by atoms with Crippen LogP contribution in [0, 0.1) is 0 Å². The Hall–Kier alpha value is -3.01. The topological polar surface area (TPSA) is 84.0 Å². The summed E-state index contributed by atoms with van der Waals surface area (Å²) in [6.45, 7) is 0. The van der Waals surface area contributed by atoms with Gasteiger partial charge in [-0.25, -0.2) is 9.97 Å². The largest absolute Gasteiger partial charge is 0.301 e. The van der Waals surface area contributed by atoms with Crippen molar-refractivity contribution >= 4 is 56.5 Å². The van der Waals surface area contributed by atoms with Crippen molar-refractivity contribution in [2.75, 3.05) is 22.1 Å². The molecule has 6 nitrogen and oxygen atoms in total. The first kappa shape index (κ1) is 21.2. The number of rotatable bonds is 8. The van der Waals surface area contributed by atoms with Crippen LogP contribution < -0.4 is 10.6 Å². The number of hydrogen-bond acceptors (Lipinski definition) is 7. The molecule has 0 radical (unpaired) electrons. The molecule has 0 aliphatic heterocycles. The lowest BCUT2D eigenvalue weighted by Crippen LogP contribution is -2.18. The highest BCUT2D eigenvalue weighted by Crippen LogP contribution is 2.38. The van der Waals surface area contributed by atoms with E-state index in [4.69, 9.17) is 0 Å². The van der Waals surface area contributed by atoms with E-state index in [-0.39, 0.29) is 23.3 Å². The van der Waals surface area contributed by atoms with Crippen molar-refractivity contribution in [2.24, 2.45) is 0 Å². The van der Waals surface area contributed by atoms with Crippen molar-refractivity contribution in [3.8, 4) is 21.7 Å².